The van der Waals surface area contributed by atoms with Crippen LogP contribution in [0.25, 0.3) is 11.1 Å². The third-order valence-corrected chi connectivity index (χ3v) is 9.12. The lowest BCUT2D eigenvalue weighted by molar-refractivity contribution is -0.160. The number of nitrogens with one attached hydrogen (secondary N) is 1. The van der Waals surface area contributed by atoms with Crippen LogP contribution in [0.3, 0.4) is 0 Å². The second-order valence-corrected chi connectivity index (χ2v) is 14.4. The SMILES string of the molecule is CCC(C)[C@H](NC(=O)[C@@H](Cc1ccc(-c2ccccc2)cc1)CP(=O)(O)CCc1ccccc1)C(=O)OC(C)(C)C. The maximum absolute atomic E-state index is 13.7. The number of rotatable bonds is 13. The maximum Gasteiger partial charge on any atom is 0.329 e. The number of hydrogen-bond donors (Lipinski definition) is 2. The van der Waals surface area contributed by atoms with Crippen LogP contribution in [0, 0.1) is 11.8 Å². The fraction of sp³-hybridized carbons (Fsp3) is 0.412. The summed E-state index contributed by atoms with van der Waals surface area (Å²) in [6.45, 7) is 9.21. The monoisotopic (exact) mass is 577 g/mol. The van der Waals surface area contributed by atoms with Gasteiger partial charge in [0.2, 0.25) is 13.3 Å². The minimum absolute atomic E-state index is 0.0780. The first kappa shape index (κ1) is 32.3. The van der Waals surface area contributed by atoms with Gasteiger partial charge < -0.3 is 14.9 Å². The third kappa shape index (κ3) is 10.6. The van der Waals surface area contributed by atoms with Gasteiger partial charge in [0.25, 0.3) is 0 Å². The lowest BCUT2D eigenvalue weighted by Gasteiger charge is -2.29. The van der Waals surface area contributed by atoms with Gasteiger partial charge in [0.1, 0.15) is 11.6 Å². The van der Waals surface area contributed by atoms with E-state index in [9.17, 15) is 19.0 Å². The zero-order valence-corrected chi connectivity index (χ0v) is 25.8. The van der Waals surface area contributed by atoms with Crippen molar-refractivity contribution in [2.75, 3.05) is 12.3 Å². The van der Waals surface area contributed by atoms with E-state index in [4.69, 9.17) is 4.74 Å². The van der Waals surface area contributed by atoms with Gasteiger partial charge in [-0.05, 0) is 61.8 Å². The topological polar surface area (TPSA) is 92.7 Å². The van der Waals surface area contributed by atoms with Gasteiger partial charge in [-0.2, -0.15) is 0 Å². The second kappa shape index (κ2) is 14.6. The van der Waals surface area contributed by atoms with Crippen molar-refractivity contribution in [2.45, 2.75) is 65.5 Å². The van der Waals surface area contributed by atoms with Crippen LogP contribution >= 0.6 is 7.37 Å². The molecular formula is C34H44NO5P. The van der Waals surface area contributed by atoms with Crippen LogP contribution in [0.5, 0.6) is 0 Å². The van der Waals surface area contributed by atoms with Crippen molar-refractivity contribution in [3.63, 3.8) is 0 Å². The molecule has 3 aromatic carbocycles. The van der Waals surface area contributed by atoms with E-state index in [0.29, 0.717) is 12.8 Å². The highest BCUT2D eigenvalue weighted by Gasteiger charge is 2.35. The fourth-order valence-corrected chi connectivity index (χ4v) is 6.45. The van der Waals surface area contributed by atoms with Gasteiger partial charge in [-0.3, -0.25) is 9.36 Å². The number of benzene rings is 3. The molecule has 0 saturated heterocycles. The summed E-state index contributed by atoms with van der Waals surface area (Å²) < 4.78 is 19.0. The number of hydrogen-bond acceptors (Lipinski definition) is 4. The van der Waals surface area contributed by atoms with E-state index in [1.807, 2.05) is 98.8 Å². The van der Waals surface area contributed by atoms with Crippen molar-refractivity contribution in [1.29, 1.82) is 0 Å². The molecule has 0 bridgehead atoms. The first-order valence-corrected chi connectivity index (χ1v) is 16.4. The lowest BCUT2D eigenvalue weighted by atomic mass is 9.95. The molecule has 2 N–H and O–H groups in total. The smallest absolute Gasteiger partial charge is 0.329 e. The maximum atomic E-state index is 13.7. The Morgan fingerprint density at radius 3 is 2.00 bits per heavy atom. The van der Waals surface area contributed by atoms with Crippen molar-refractivity contribution in [2.24, 2.45) is 11.8 Å². The van der Waals surface area contributed by atoms with E-state index in [2.05, 4.69) is 5.32 Å². The standard InChI is InChI=1S/C34H44NO5P/c1-6-25(2)31(33(37)40-34(3,4)5)35-32(36)30(24-41(38,39)22-21-26-13-9-7-10-14-26)23-27-17-19-29(20-18-27)28-15-11-8-12-16-28/h7-20,25,30-31H,6,21-24H2,1-5H3,(H,35,36)(H,38,39)/t25?,30-,31-/m0/s1. The van der Waals surface area contributed by atoms with Crippen molar-refractivity contribution >= 4 is 19.2 Å². The first-order chi connectivity index (χ1) is 19.4. The van der Waals surface area contributed by atoms with Crippen molar-refractivity contribution in [3.05, 3.63) is 96.1 Å². The van der Waals surface area contributed by atoms with Crippen LogP contribution in [0.1, 0.15) is 52.2 Å². The average molecular weight is 578 g/mol. The predicted octanol–water partition coefficient (Wildman–Crippen LogP) is 6.90. The first-order valence-electron chi connectivity index (χ1n) is 14.4. The molecule has 0 spiro atoms. The fourth-order valence-electron chi connectivity index (χ4n) is 4.68. The molecule has 0 heterocycles. The van der Waals surface area contributed by atoms with E-state index in [0.717, 1.165) is 22.3 Å². The molecule has 220 valence electrons. The predicted molar refractivity (Wildman–Crippen MR) is 166 cm³/mol. The van der Waals surface area contributed by atoms with Crippen molar-refractivity contribution in [1.82, 2.24) is 5.32 Å². The Bertz CT molecular complexity index is 1300. The molecule has 0 aliphatic rings. The third-order valence-electron chi connectivity index (χ3n) is 7.18. The summed E-state index contributed by atoms with van der Waals surface area (Å²) in [5.41, 5.74) is 3.29. The van der Waals surface area contributed by atoms with Gasteiger partial charge in [0.05, 0.1) is 5.92 Å². The highest BCUT2D eigenvalue weighted by Crippen LogP contribution is 2.44. The molecule has 1 amide bonds. The lowest BCUT2D eigenvalue weighted by Crippen LogP contribution is -2.50. The number of esters is 1. The Kier molecular flexibility index (Phi) is 11.5. The summed E-state index contributed by atoms with van der Waals surface area (Å²) >= 11 is 0. The number of carbonyl (C=O) groups excluding carboxylic acids is 2. The largest absolute Gasteiger partial charge is 0.458 e. The van der Waals surface area contributed by atoms with Crippen molar-refractivity contribution in [3.8, 4) is 11.1 Å². The summed E-state index contributed by atoms with van der Waals surface area (Å²) in [6, 6.07) is 26.6. The second-order valence-electron chi connectivity index (χ2n) is 11.9. The van der Waals surface area contributed by atoms with E-state index < -0.39 is 36.8 Å². The van der Waals surface area contributed by atoms with Crippen molar-refractivity contribution < 1.29 is 23.8 Å². The molecule has 3 aromatic rings. The summed E-state index contributed by atoms with van der Waals surface area (Å²) in [6.07, 6.45) is 1.29. The van der Waals surface area contributed by atoms with Crippen LogP contribution in [-0.4, -0.2) is 40.7 Å². The number of carbonyl (C=O) groups is 2. The Morgan fingerprint density at radius 2 is 1.44 bits per heavy atom. The number of amides is 1. The van der Waals surface area contributed by atoms with Gasteiger partial charge in [0.15, 0.2) is 0 Å². The summed E-state index contributed by atoms with van der Waals surface area (Å²) in [5, 5.41) is 2.90. The molecule has 0 aliphatic carbocycles. The molecule has 0 aliphatic heterocycles. The van der Waals surface area contributed by atoms with Gasteiger partial charge >= 0.3 is 5.97 Å². The molecule has 2 unspecified atom stereocenters. The Hall–Kier alpha value is -3.21. The zero-order chi connectivity index (χ0) is 30.0. The van der Waals surface area contributed by atoms with Gasteiger partial charge in [-0.25, -0.2) is 4.79 Å². The summed E-state index contributed by atoms with van der Waals surface area (Å²) in [4.78, 5) is 37.8. The van der Waals surface area contributed by atoms with Crippen LogP contribution in [-0.2, 0) is 31.7 Å². The number of ether oxygens (including phenoxy) is 1. The highest BCUT2D eigenvalue weighted by atomic mass is 31.2. The minimum atomic E-state index is -3.67. The Balaban J connectivity index is 1.83. The quantitative estimate of drug-likeness (QED) is 0.170. The Morgan fingerprint density at radius 1 is 0.878 bits per heavy atom. The molecule has 3 rings (SSSR count). The van der Waals surface area contributed by atoms with Crippen LogP contribution in [0.15, 0.2) is 84.9 Å². The zero-order valence-electron chi connectivity index (χ0n) is 24.9. The van der Waals surface area contributed by atoms with E-state index >= 15 is 0 Å². The van der Waals surface area contributed by atoms with Crippen LogP contribution in [0.4, 0.5) is 0 Å². The Labute approximate surface area is 245 Å². The molecule has 0 aromatic heterocycles. The normalized spacial score (nSPS) is 15.3. The average Bonchev–Trinajstić information content (AvgIpc) is 2.94. The van der Waals surface area contributed by atoms with E-state index in [-0.39, 0.29) is 24.7 Å². The minimum Gasteiger partial charge on any atom is -0.458 e. The molecule has 0 fully saturated rings. The summed E-state index contributed by atoms with van der Waals surface area (Å²) in [5.74, 6) is -1.87. The molecule has 41 heavy (non-hydrogen) atoms. The molecular weight excluding hydrogens is 533 g/mol. The van der Waals surface area contributed by atoms with Gasteiger partial charge in [-0.1, -0.05) is 105 Å². The van der Waals surface area contributed by atoms with E-state index in [1.54, 1.807) is 20.8 Å². The molecule has 0 radical (unpaired) electrons. The van der Waals surface area contributed by atoms with Gasteiger partial charge in [-0.15, -0.1) is 0 Å². The molecule has 7 heteroatoms. The van der Waals surface area contributed by atoms with Crippen LogP contribution in [0.2, 0.25) is 0 Å². The summed E-state index contributed by atoms with van der Waals surface area (Å²) in [7, 11) is -3.67. The molecule has 6 nitrogen and oxygen atoms in total. The van der Waals surface area contributed by atoms with E-state index in [1.165, 1.54) is 0 Å². The van der Waals surface area contributed by atoms with Gasteiger partial charge in [0, 0.05) is 12.3 Å². The molecule has 0 saturated carbocycles. The number of aryl methyl sites for hydroxylation is 1. The van der Waals surface area contributed by atoms with Crippen LogP contribution < -0.4 is 5.32 Å². The molecule has 4 atom stereocenters. The highest BCUT2D eigenvalue weighted by molar-refractivity contribution is 7.58.